The highest BCUT2D eigenvalue weighted by molar-refractivity contribution is 5.94. The first-order valence-corrected chi connectivity index (χ1v) is 8.30. The molecule has 0 aliphatic carbocycles. The van der Waals surface area contributed by atoms with Gasteiger partial charge in [0, 0.05) is 12.1 Å². The van der Waals surface area contributed by atoms with E-state index in [4.69, 9.17) is 4.74 Å². The fourth-order valence-corrected chi connectivity index (χ4v) is 2.51. The molecule has 0 heterocycles. The molecular weight excluding hydrogens is 334 g/mol. The maximum atomic E-state index is 11.7. The van der Waals surface area contributed by atoms with Gasteiger partial charge in [0.15, 0.2) is 5.78 Å². The third-order valence-corrected chi connectivity index (χ3v) is 4.03. The third kappa shape index (κ3) is 5.40. The molecule has 0 bridgehead atoms. The Balaban J connectivity index is 1.85. The summed E-state index contributed by atoms with van der Waals surface area (Å²) >= 11 is 0. The Labute approximate surface area is 152 Å². The highest BCUT2D eigenvalue weighted by atomic mass is 16.5. The highest BCUT2D eigenvalue weighted by Gasteiger charge is 2.21. The zero-order valence-electron chi connectivity index (χ0n) is 14.8. The summed E-state index contributed by atoms with van der Waals surface area (Å²) in [5, 5.41) is 22.8. The average molecular weight is 357 g/mol. The van der Waals surface area contributed by atoms with Crippen LogP contribution in [0.5, 0.6) is 0 Å². The summed E-state index contributed by atoms with van der Waals surface area (Å²) in [6, 6.07) is 14.1. The lowest BCUT2D eigenvalue weighted by molar-refractivity contribution is 0.0180. The molecule has 2 unspecified atom stereocenters. The number of carbonyl (C=O) groups excluding carboxylic acids is 2. The molecule has 2 rings (SSSR count). The molecule has 2 aromatic carbocycles. The van der Waals surface area contributed by atoms with Crippen molar-refractivity contribution >= 4 is 11.9 Å². The van der Waals surface area contributed by atoms with Gasteiger partial charge in [-0.3, -0.25) is 4.79 Å². The van der Waals surface area contributed by atoms with E-state index in [-0.39, 0.29) is 18.9 Å². The van der Waals surface area contributed by atoms with Crippen LogP contribution in [-0.2, 0) is 11.3 Å². The SMILES string of the molecule is CC(=O)c1ccc(C(O)C(O)CNC(=O)OCc2ccccc2)c(C)c1. The number of amides is 1. The monoisotopic (exact) mass is 357 g/mol. The molecule has 6 heteroatoms. The molecule has 6 nitrogen and oxygen atoms in total. The van der Waals surface area contributed by atoms with Crippen LogP contribution in [0.1, 0.15) is 40.1 Å². The van der Waals surface area contributed by atoms with Crippen molar-refractivity contribution in [3.8, 4) is 0 Å². The number of hydrogen-bond donors (Lipinski definition) is 3. The molecule has 0 spiro atoms. The lowest BCUT2D eigenvalue weighted by Crippen LogP contribution is -2.36. The second kappa shape index (κ2) is 9.12. The number of rotatable bonds is 7. The molecule has 0 aliphatic rings. The minimum Gasteiger partial charge on any atom is -0.445 e. The van der Waals surface area contributed by atoms with E-state index in [1.165, 1.54) is 6.92 Å². The van der Waals surface area contributed by atoms with Crippen molar-refractivity contribution in [2.75, 3.05) is 6.54 Å². The number of hydrogen-bond acceptors (Lipinski definition) is 5. The molecule has 0 aromatic heterocycles. The molecule has 0 aliphatic heterocycles. The summed E-state index contributed by atoms with van der Waals surface area (Å²) in [5.74, 6) is -0.0717. The van der Waals surface area contributed by atoms with E-state index >= 15 is 0 Å². The Hall–Kier alpha value is -2.70. The minimum atomic E-state index is -1.21. The van der Waals surface area contributed by atoms with Crippen molar-refractivity contribution in [1.29, 1.82) is 0 Å². The molecule has 0 radical (unpaired) electrons. The van der Waals surface area contributed by atoms with Crippen molar-refractivity contribution < 1.29 is 24.5 Å². The predicted molar refractivity (Wildman–Crippen MR) is 96.8 cm³/mol. The van der Waals surface area contributed by atoms with Crippen molar-refractivity contribution in [3.63, 3.8) is 0 Å². The summed E-state index contributed by atoms with van der Waals surface area (Å²) in [6.07, 6.45) is -3.07. The van der Waals surface area contributed by atoms with Crippen molar-refractivity contribution in [2.24, 2.45) is 0 Å². The number of Topliss-reactive ketones (excluding diaryl/α,β-unsaturated/α-hetero) is 1. The number of carbonyl (C=O) groups is 2. The molecular formula is C20H23NO5. The lowest BCUT2D eigenvalue weighted by Gasteiger charge is -2.20. The van der Waals surface area contributed by atoms with Gasteiger partial charge in [0.1, 0.15) is 18.8 Å². The largest absolute Gasteiger partial charge is 0.445 e. The number of benzene rings is 2. The van der Waals surface area contributed by atoms with E-state index in [0.29, 0.717) is 16.7 Å². The van der Waals surface area contributed by atoms with E-state index in [0.717, 1.165) is 5.56 Å². The van der Waals surface area contributed by atoms with E-state index in [2.05, 4.69) is 5.32 Å². The van der Waals surface area contributed by atoms with Gasteiger partial charge in [-0.05, 0) is 36.6 Å². The standard InChI is InChI=1S/C20H23NO5/c1-13-10-16(14(2)22)8-9-17(13)19(24)18(23)11-21-20(25)26-12-15-6-4-3-5-7-15/h3-10,18-19,23-24H,11-12H2,1-2H3,(H,21,25). The highest BCUT2D eigenvalue weighted by Crippen LogP contribution is 2.22. The summed E-state index contributed by atoms with van der Waals surface area (Å²) in [7, 11) is 0. The summed E-state index contributed by atoms with van der Waals surface area (Å²) in [6.45, 7) is 3.17. The number of ketones is 1. The number of nitrogens with one attached hydrogen (secondary N) is 1. The summed E-state index contributed by atoms with van der Waals surface area (Å²) in [4.78, 5) is 23.1. The van der Waals surface area contributed by atoms with Gasteiger partial charge >= 0.3 is 6.09 Å². The quantitative estimate of drug-likeness (QED) is 0.662. The average Bonchev–Trinajstić information content (AvgIpc) is 2.64. The Kier molecular flexibility index (Phi) is 6.89. The first-order valence-electron chi connectivity index (χ1n) is 8.30. The van der Waals surface area contributed by atoms with Gasteiger partial charge in [0.2, 0.25) is 0 Å². The predicted octanol–water partition coefficient (Wildman–Crippen LogP) is 2.52. The van der Waals surface area contributed by atoms with Crippen molar-refractivity contribution in [3.05, 3.63) is 70.8 Å². The van der Waals surface area contributed by atoms with Gasteiger partial charge in [-0.15, -0.1) is 0 Å². The fraction of sp³-hybridized carbons (Fsp3) is 0.300. The molecule has 26 heavy (non-hydrogen) atoms. The van der Waals surface area contributed by atoms with Gasteiger partial charge in [-0.1, -0.05) is 42.5 Å². The van der Waals surface area contributed by atoms with Gasteiger partial charge < -0.3 is 20.3 Å². The summed E-state index contributed by atoms with van der Waals surface area (Å²) < 4.78 is 5.05. The van der Waals surface area contributed by atoms with Crippen LogP contribution in [0.15, 0.2) is 48.5 Å². The topological polar surface area (TPSA) is 95.9 Å². The van der Waals surface area contributed by atoms with Crippen LogP contribution in [0.4, 0.5) is 4.79 Å². The third-order valence-electron chi connectivity index (χ3n) is 4.03. The lowest BCUT2D eigenvalue weighted by atomic mass is 9.96. The van der Waals surface area contributed by atoms with Crippen LogP contribution >= 0.6 is 0 Å². The smallest absolute Gasteiger partial charge is 0.407 e. The van der Waals surface area contributed by atoms with Crippen LogP contribution in [0.2, 0.25) is 0 Å². The molecule has 1 amide bonds. The number of ether oxygens (including phenoxy) is 1. The van der Waals surface area contributed by atoms with Crippen LogP contribution in [0.3, 0.4) is 0 Å². The number of alkyl carbamates (subject to hydrolysis) is 1. The first kappa shape index (κ1) is 19.6. The van der Waals surface area contributed by atoms with E-state index in [1.54, 1.807) is 25.1 Å². The van der Waals surface area contributed by atoms with Crippen molar-refractivity contribution in [2.45, 2.75) is 32.7 Å². The van der Waals surface area contributed by atoms with Crippen LogP contribution in [-0.4, -0.2) is 34.7 Å². The van der Waals surface area contributed by atoms with Gasteiger partial charge in [0.25, 0.3) is 0 Å². The number of aliphatic hydroxyl groups is 2. The molecule has 138 valence electrons. The Bertz CT molecular complexity index is 760. The molecule has 0 saturated carbocycles. The molecule has 0 saturated heterocycles. The van der Waals surface area contributed by atoms with Crippen LogP contribution in [0, 0.1) is 6.92 Å². The van der Waals surface area contributed by atoms with Gasteiger partial charge in [-0.25, -0.2) is 4.79 Å². The van der Waals surface area contributed by atoms with E-state index in [9.17, 15) is 19.8 Å². The molecule has 0 fully saturated rings. The van der Waals surface area contributed by atoms with Gasteiger partial charge in [-0.2, -0.15) is 0 Å². The second-order valence-corrected chi connectivity index (χ2v) is 6.08. The fourth-order valence-electron chi connectivity index (χ4n) is 2.51. The zero-order valence-corrected chi connectivity index (χ0v) is 14.8. The van der Waals surface area contributed by atoms with E-state index in [1.807, 2.05) is 30.3 Å². The Morgan fingerprint density at radius 1 is 1.12 bits per heavy atom. The Morgan fingerprint density at radius 2 is 1.81 bits per heavy atom. The maximum absolute atomic E-state index is 11.7. The zero-order chi connectivity index (χ0) is 19.1. The summed E-state index contributed by atoms with van der Waals surface area (Å²) in [5.41, 5.74) is 2.58. The normalized spacial score (nSPS) is 12.9. The second-order valence-electron chi connectivity index (χ2n) is 6.08. The number of aliphatic hydroxyl groups excluding tert-OH is 2. The molecule has 2 atom stereocenters. The molecule has 3 N–H and O–H groups in total. The van der Waals surface area contributed by atoms with Crippen molar-refractivity contribution in [1.82, 2.24) is 5.32 Å². The first-order chi connectivity index (χ1) is 12.4. The van der Waals surface area contributed by atoms with E-state index < -0.39 is 18.3 Å². The maximum Gasteiger partial charge on any atom is 0.407 e. The number of aryl methyl sites for hydroxylation is 1. The molecule has 2 aromatic rings. The van der Waals surface area contributed by atoms with Crippen LogP contribution in [0.25, 0.3) is 0 Å². The van der Waals surface area contributed by atoms with Crippen LogP contribution < -0.4 is 5.32 Å². The Morgan fingerprint density at radius 3 is 2.42 bits per heavy atom. The minimum absolute atomic E-state index is 0.0717. The van der Waals surface area contributed by atoms with Gasteiger partial charge in [0.05, 0.1) is 0 Å².